The normalized spacial score (nSPS) is 11.7. The van der Waals surface area contributed by atoms with Gasteiger partial charge in [0.1, 0.15) is 5.52 Å². The molecule has 5 rings (SSSR count). The Balaban J connectivity index is 1.39. The third-order valence-electron chi connectivity index (χ3n) is 5.77. The van der Waals surface area contributed by atoms with Gasteiger partial charge in [-0.25, -0.2) is 18.4 Å². The molecule has 0 aliphatic rings. The van der Waals surface area contributed by atoms with E-state index in [1.807, 2.05) is 36.9 Å². The number of sulfone groups is 1. The maximum atomic E-state index is 12.6. The number of imidazole rings is 1. The number of hydrogen-bond donors (Lipinski definition) is 2. The Morgan fingerprint density at radius 1 is 1.11 bits per heavy atom. The fourth-order valence-corrected chi connectivity index (χ4v) is 5.78. The smallest absolute Gasteiger partial charge is 0.251 e. The number of carbonyl (C=O) groups excluding carboxylic acids is 1. The van der Waals surface area contributed by atoms with E-state index in [-0.39, 0.29) is 10.8 Å². The van der Waals surface area contributed by atoms with Gasteiger partial charge in [0, 0.05) is 37.3 Å². The predicted octanol–water partition coefficient (Wildman–Crippen LogP) is 4.23. The number of anilines is 1. The Kier molecular flexibility index (Phi) is 5.78. The van der Waals surface area contributed by atoms with E-state index < -0.39 is 9.84 Å². The number of amides is 1. The molecule has 2 N–H and O–H groups in total. The molecule has 0 atom stereocenters. The predicted molar refractivity (Wildman–Crippen MR) is 140 cm³/mol. The summed E-state index contributed by atoms with van der Waals surface area (Å²) < 4.78 is 26.3. The lowest BCUT2D eigenvalue weighted by Gasteiger charge is -2.07. The molecule has 0 bridgehead atoms. The van der Waals surface area contributed by atoms with Crippen molar-refractivity contribution in [1.82, 2.24) is 19.9 Å². The van der Waals surface area contributed by atoms with Crippen LogP contribution in [-0.4, -0.2) is 42.2 Å². The number of aryl methyl sites for hydroxylation is 1. The van der Waals surface area contributed by atoms with Gasteiger partial charge in [-0.15, -0.1) is 11.3 Å². The van der Waals surface area contributed by atoms with E-state index in [1.54, 1.807) is 17.7 Å². The number of benzene rings is 2. The zero-order valence-electron chi connectivity index (χ0n) is 19.4. The highest BCUT2D eigenvalue weighted by Gasteiger charge is 2.16. The van der Waals surface area contributed by atoms with Crippen LogP contribution in [0.1, 0.15) is 15.9 Å². The lowest BCUT2D eigenvalue weighted by Crippen LogP contribution is -2.22. The molecule has 178 valence electrons. The molecule has 0 saturated carbocycles. The fraction of sp³-hybridized carbons (Fsp3) is 0.160. The number of thiophene rings is 1. The molecule has 3 aromatic heterocycles. The first kappa shape index (κ1) is 23.0. The van der Waals surface area contributed by atoms with E-state index in [0.29, 0.717) is 12.1 Å². The quantitative estimate of drug-likeness (QED) is 0.358. The van der Waals surface area contributed by atoms with Crippen LogP contribution in [0.25, 0.3) is 31.7 Å². The van der Waals surface area contributed by atoms with E-state index in [2.05, 4.69) is 27.8 Å². The van der Waals surface area contributed by atoms with Gasteiger partial charge in [0.25, 0.3) is 5.91 Å². The lowest BCUT2D eigenvalue weighted by molar-refractivity contribution is 0.0951. The minimum absolute atomic E-state index is 0.185. The van der Waals surface area contributed by atoms with Gasteiger partial charge in [-0.05, 0) is 47.5 Å². The van der Waals surface area contributed by atoms with E-state index >= 15 is 0 Å². The highest BCUT2D eigenvalue weighted by atomic mass is 32.2. The van der Waals surface area contributed by atoms with Gasteiger partial charge >= 0.3 is 0 Å². The summed E-state index contributed by atoms with van der Waals surface area (Å²) in [5.41, 5.74) is 5.19. The summed E-state index contributed by atoms with van der Waals surface area (Å²) in [5.74, 6) is 0.484. The van der Waals surface area contributed by atoms with Gasteiger partial charge < -0.3 is 15.2 Å². The maximum Gasteiger partial charge on any atom is 0.251 e. The highest BCUT2D eigenvalue weighted by Crippen LogP contribution is 2.38. The van der Waals surface area contributed by atoms with Gasteiger partial charge in [-0.1, -0.05) is 18.2 Å². The van der Waals surface area contributed by atoms with Crippen LogP contribution in [0.2, 0.25) is 0 Å². The molecule has 35 heavy (non-hydrogen) atoms. The van der Waals surface area contributed by atoms with E-state index in [9.17, 15) is 13.2 Å². The Labute approximate surface area is 206 Å². The van der Waals surface area contributed by atoms with E-state index in [0.717, 1.165) is 49.3 Å². The molecule has 2 aromatic carbocycles. The molecule has 0 saturated heterocycles. The van der Waals surface area contributed by atoms with Gasteiger partial charge in [0.2, 0.25) is 0 Å². The lowest BCUT2D eigenvalue weighted by atomic mass is 10.1. The molecule has 0 spiro atoms. The average molecular weight is 506 g/mol. The van der Waals surface area contributed by atoms with Crippen molar-refractivity contribution >= 4 is 54.1 Å². The first-order chi connectivity index (χ1) is 16.7. The number of pyridine rings is 1. The number of aromatic nitrogens is 3. The molecule has 10 heteroatoms. The molecule has 1 amide bonds. The van der Waals surface area contributed by atoms with Crippen molar-refractivity contribution in [2.24, 2.45) is 7.05 Å². The van der Waals surface area contributed by atoms with Gasteiger partial charge in [0.05, 0.1) is 27.0 Å². The van der Waals surface area contributed by atoms with Crippen LogP contribution >= 0.6 is 11.3 Å². The second-order valence-electron chi connectivity index (χ2n) is 8.27. The van der Waals surface area contributed by atoms with Crippen LogP contribution in [0.5, 0.6) is 0 Å². The average Bonchev–Trinajstić information content (AvgIpc) is 3.45. The van der Waals surface area contributed by atoms with Crippen LogP contribution in [0, 0.1) is 0 Å². The van der Waals surface area contributed by atoms with Crippen LogP contribution in [0.3, 0.4) is 0 Å². The maximum absolute atomic E-state index is 12.6. The van der Waals surface area contributed by atoms with Crippen LogP contribution in [0.15, 0.2) is 65.8 Å². The van der Waals surface area contributed by atoms with Crippen LogP contribution in [-0.2, 0) is 23.4 Å². The van der Waals surface area contributed by atoms with Crippen molar-refractivity contribution in [3.05, 3.63) is 72.1 Å². The van der Waals surface area contributed by atoms with Gasteiger partial charge in [-0.3, -0.25) is 4.79 Å². The summed E-state index contributed by atoms with van der Waals surface area (Å²) in [4.78, 5) is 23.1. The van der Waals surface area contributed by atoms with Crippen molar-refractivity contribution in [1.29, 1.82) is 0 Å². The number of carbonyl (C=O) groups is 1. The SMILES string of the molecule is CNc1nc2cc(-c3cccc(CNC(=O)c4ccc(S(C)(=O)=O)cc4)c3)sc2c2c1ncn2C. The number of fused-ring (bicyclic) bond motifs is 3. The summed E-state index contributed by atoms with van der Waals surface area (Å²) in [6.07, 6.45) is 2.94. The monoisotopic (exact) mass is 505 g/mol. The van der Waals surface area contributed by atoms with Crippen LogP contribution in [0.4, 0.5) is 5.82 Å². The molecular weight excluding hydrogens is 482 g/mol. The number of rotatable bonds is 6. The summed E-state index contributed by atoms with van der Waals surface area (Å²) in [5, 5.41) is 6.04. The molecule has 3 heterocycles. The number of nitrogens with one attached hydrogen (secondary N) is 2. The fourth-order valence-electron chi connectivity index (χ4n) is 3.97. The topological polar surface area (TPSA) is 106 Å². The third kappa shape index (κ3) is 4.38. The Hall–Kier alpha value is -3.76. The molecule has 0 aliphatic carbocycles. The van der Waals surface area contributed by atoms with Crippen molar-refractivity contribution in [3.8, 4) is 10.4 Å². The summed E-state index contributed by atoms with van der Waals surface area (Å²) >= 11 is 1.66. The van der Waals surface area contributed by atoms with Gasteiger partial charge in [0.15, 0.2) is 15.7 Å². The van der Waals surface area contributed by atoms with Crippen molar-refractivity contribution in [2.45, 2.75) is 11.4 Å². The summed E-state index contributed by atoms with van der Waals surface area (Å²) in [6.45, 7) is 0.347. The standard InChI is InChI=1S/C25H23N5O3S2/c1-26-24-21-22(30(2)14-28-21)23-19(29-24)12-20(34-23)17-6-4-5-15(11-17)13-27-25(31)16-7-9-18(10-8-16)35(3,32)33/h4-12,14H,13H2,1-3H3,(H,26,29)(H,27,31). The molecule has 0 unspecified atom stereocenters. The second kappa shape index (κ2) is 8.79. The van der Waals surface area contributed by atoms with Crippen molar-refractivity contribution in [3.63, 3.8) is 0 Å². The largest absolute Gasteiger partial charge is 0.371 e. The number of hydrogen-bond acceptors (Lipinski definition) is 7. The Bertz CT molecular complexity index is 1690. The zero-order chi connectivity index (χ0) is 24.7. The highest BCUT2D eigenvalue weighted by molar-refractivity contribution is 7.90. The summed E-state index contributed by atoms with van der Waals surface area (Å²) in [7, 11) is 0.518. The molecule has 8 nitrogen and oxygen atoms in total. The first-order valence-corrected chi connectivity index (χ1v) is 13.6. The van der Waals surface area contributed by atoms with E-state index in [1.165, 1.54) is 24.3 Å². The molecule has 0 fully saturated rings. The molecule has 0 aliphatic heterocycles. The summed E-state index contributed by atoms with van der Waals surface area (Å²) in [6, 6.07) is 16.0. The number of nitrogens with zero attached hydrogens (tertiary/aromatic N) is 3. The van der Waals surface area contributed by atoms with Crippen molar-refractivity contribution < 1.29 is 13.2 Å². The van der Waals surface area contributed by atoms with Gasteiger partial charge in [-0.2, -0.15) is 0 Å². The Morgan fingerprint density at radius 3 is 2.60 bits per heavy atom. The zero-order valence-corrected chi connectivity index (χ0v) is 21.0. The molecule has 5 aromatic rings. The second-order valence-corrected chi connectivity index (χ2v) is 11.3. The Morgan fingerprint density at radius 2 is 1.89 bits per heavy atom. The van der Waals surface area contributed by atoms with Crippen LogP contribution < -0.4 is 10.6 Å². The third-order valence-corrected chi connectivity index (χ3v) is 8.08. The molecular formula is C25H23N5O3S2. The van der Waals surface area contributed by atoms with E-state index in [4.69, 9.17) is 4.98 Å². The van der Waals surface area contributed by atoms with Crippen molar-refractivity contribution in [2.75, 3.05) is 18.6 Å². The first-order valence-electron chi connectivity index (χ1n) is 10.8. The minimum Gasteiger partial charge on any atom is -0.371 e. The minimum atomic E-state index is -3.30. The molecule has 0 radical (unpaired) electrons.